The first-order chi connectivity index (χ1) is 20.4. The number of benzene rings is 2. The molecule has 9 nitrogen and oxygen atoms in total. The number of rotatable bonds is 8. The van der Waals surface area contributed by atoms with Crippen molar-refractivity contribution in [2.75, 3.05) is 52.1 Å². The highest BCUT2D eigenvalue weighted by molar-refractivity contribution is 6.01. The van der Waals surface area contributed by atoms with Crippen LogP contribution in [-0.2, 0) is 12.7 Å². The highest BCUT2D eigenvalue weighted by Crippen LogP contribution is 2.37. The quantitative estimate of drug-likeness (QED) is 0.248. The first-order valence-corrected chi connectivity index (χ1v) is 13.9. The van der Waals surface area contributed by atoms with Crippen LogP contribution < -0.4 is 10.1 Å². The molecular weight excluding hydrogens is 566 g/mol. The number of halogens is 4. The molecule has 2 aromatic heterocycles. The number of aryl methyl sites for hydroxylation is 1. The topological polar surface area (TPSA) is 89.6 Å². The van der Waals surface area contributed by atoms with Crippen LogP contribution in [0, 0.1) is 12.7 Å². The SMILES string of the molecule is CCN(C)C(=O)c1c(Nc2ccc(CN3CCN(C)CC3)c(C(F)(F)F)c2)ncnc1Oc1ccc2[nH]c(C)cc2c1F. The van der Waals surface area contributed by atoms with Gasteiger partial charge in [0.25, 0.3) is 5.91 Å². The van der Waals surface area contributed by atoms with E-state index in [1.165, 1.54) is 23.1 Å². The van der Waals surface area contributed by atoms with Gasteiger partial charge in [0.05, 0.1) is 5.56 Å². The zero-order valence-corrected chi connectivity index (χ0v) is 24.3. The highest BCUT2D eigenvalue weighted by Gasteiger charge is 2.34. The molecular formula is C30H33F4N7O2. The third-order valence-corrected chi connectivity index (χ3v) is 7.56. The van der Waals surface area contributed by atoms with E-state index in [-0.39, 0.29) is 40.8 Å². The molecule has 1 fully saturated rings. The number of nitrogens with one attached hydrogen (secondary N) is 2. The molecule has 1 aliphatic heterocycles. The summed E-state index contributed by atoms with van der Waals surface area (Å²) in [7, 11) is 3.53. The third-order valence-electron chi connectivity index (χ3n) is 7.56. The lowest BCUT2D eigenvalue weighted by atomic mass is 10.0. The van der Waals surface area contributed by atoms with Crippen molar-refractivity contribution in [2.45, 2.75) is 26.6 Å². The number of amides is 1. The second-order valence-corrected chi connectivity index (χ2v) is 10.7. The Morgan fingerprint density at radius 1 is 1.12 bits per heavy atom. The van der Waals surface area contributed by atoms with Crippen molar-refractivity contribution in [1.82, 2.24) is 29.7 Å². The largest absolute Gasteiger partial charge is 0.435 e. The molecule has 0 atom stereocenters. The standard InChI is InChI=1S/C30H33F4N7O2/c1-5-40(4)29(42)25-27(35-17-36-28(25)43-24-9-8-23-21(26(24)31)14-18(2)37-23)38-20-7-6-19(22(15-20)30(32,33)34)16-41-12-10-39(3)11-13-41/h6-9,14-15,17,37H,5,10-13,16H2,1-4H3,(H,35,36,38). The summed E-state index contributed by atoms with van der Waals surface area (Å²) >= 11 is 0. The van der Waals surface area contributed by atoms with Gasteiger partial charge in [0.2, 0.25) is 5.88 Å². The molecule has 0 saturated carbocycles. The lowest BCUT2D eigenvalue weighted by molar-refractivity contribution is -0.138. The second-order valence-electron chi connectivity index (χ2n) is 10.7. The van der Waals surface area contributed by atoms with E-state index in [1.54, 1.807) is 33.0 Å². The molecule has 0 aliphatic carbocycles. The summed E-state index contributed by atoms with van der Waals surface area (Å²) in [6.07, 6.45) is -3.50. The minimum Gasteiger partial charge on any atom is -0.435 e. The third kappa shape index (κ3) is 6.57. The number of ether oxygens (including phenoxy) is 1. The Morgan fingerprint density at radius 3 is 2.56 bits per heavy atom. The predicted molar refractivity (Wildman–Crippen MR) is 155 cm³/mol. The van der Waals surface area contributed by atoms with Gasteiger partial charge in [0, 0.05) is 68.6 Å². The van der Waals surface area contributed by atoms with Crippen LogP contribution in [0.4, 0.5) is 29.1 Å². The van der Waals surface area contributed by atoms with Gasteiger partial charge in [-0.25, -0.2) is 14.4 Å². The Bertz CT molecular complexity index is 1630. The first-order valence-electron chi connectivity index (χ1n) is 13.9. The van der Waals surface area contributed by atoms with Crippen LogP contribution in [0.2, 0.25) is 0 Å². The Hall–Kier alpha value is -4.23. The average Bonchev–Trinajstić information content (AvgIpc) is 3.36. The lowest BCUT2D eigenvalue weighted by Crippen LogP contribution is -2.44. The molecule has 0 unspecified atom stereocenters. The molecule has 1 saturated heterocycles. The zero-order chi connectivity index (χ0) is 30.9. The van der Waals surface area contributed by atoms with Gasteiger partial charge in [0.1, 0.15) is 11.9 Å². The number of fused-ring (bicyclic) bond motifs is 1. The molecule has 228 valence electrons. The fraction of sp³-hybridized carbons (Fsp3) is 0.367. The Labute approximate surface area is 246 Å². The second kappa shape index (κ2) is 12.2. The molecule has 1 amide bonds. The van der Waals surface area contributed by atoms with Gasteiger partial charge in [-0.15, -0.1) is 0 Å². The summed E-state index contributed by atoms with van der Waals surface area (Å²) in [6.45, 7) is 6.94. The number of nitrogens with zero attached hydrogens (tertiary/aromatic N) is 5. The van der Waals surface area contributed by atoms with Gasteiger partial charge in [-0.3, -0.25) is 9.69 Å². The van der Waals surface area contributed by atoms with Crippen molar-refractivity contribution >= 4 is 28.3 Å². The molecule has 0 spiro atoms. The predicted octanol–water partition coefficient (Wildman–Crippen LogP) is 5.80. The molecule has 2 N–H and O–H groups in total. The summed E-state index contributed by atoms with van der Waals surface area (Å²) in [5, 5.41) is 3.16. The van der Waals surface area contributed by atoms with Gasteiger partial charge in [-0.1, -0.05) is 6.07 Å². The number of aromatic nitrogens is 3. The number of hydrogen-bond acceptors (Lipinski definition) is 7. The molecule has 1 aliphatic rings. The van der Waals surface area contributed by atoms with Gasteiger partial charge in [-0.05, 0) is 56.8 Å². The minimum absolute atomic E-state index is 0.0719. The number of likely N-dealkylation sites (N-methyl/N-ethyl adjacent to an activating group) is 1. The van der Waals surface area contributed by atoms with E-state index in [4.69, 9.17) is 4.74 Å². The van der Waals surface area contributed by atoms with Crippen molar-refractivity contribution in [3.63, 3.8) is 0 Å². The summed E-state index contributed by atoms with van der Waals surface area (Å²) < 4.78 is 63.8. The molecule has 13 heteroatoms. The van der Waals surface area contributed by atoms with Crippen molar-refractivity contribution < 1.29 is 27.1 Å². The number of H-pyrrole nitrogens is 1. The van der Waals surface area contributed by atoms with Crippen molar-refractivity contribution in [1.29, 1.82) is 0 Å². The Kier molecular flexibility index (Phi) is 8.56. The molecule has 3 heterocycles. The molecule has 2 aromatic carbocycles. The maximum Gasteiger partial charge on any atom is 0.416 e. The lowest BCUT2D eigenvalue weighted by Gasteiger charge is -2.33. The fourth-order valence-corrected chi connectivity index (χ4v) is 4.98. The summed E-state index contributed by atoms with van der Waals surface area (Å²) in [5.41, 5.74) is 0.632. The van der Waals surface area contributed by atoms with Crippen molar-refractivity contribution in [3.05, 3.63) is 70.9 Å². The molecule has 43 heavy (non-hydrogen) atoms. The molecule has 5 rings (SSSR count). The van der Waals surface area contributed by atoms with Crippen LogP contribution in [0.15, 0.2) is 42.7 Å². The van der Waals surface area contributed by atoms with Crippen molar-refractivity contribution in [2.24, 2.45) is 0 Å². The molecule has 4 aromatic rings. The van der Waals surface area contributed by atoms with Crippen LogP contribution in [0.25, 0.3) is 10.9 Å². The highest BCUT2D eigenvalue weighted by atomic mass is 19.4. The smallest absolute Gasteiger partial charge is 0.416 e. The van der Waals surface area contributed by atoms with Gasteiger partial charge in [0.15, 0.2) is 17.4 Å². The average molecular weight is 600 g/mol. The zero-order valence-electron chi connectivity index (χ0n) is 24.3. The monoisotopic (exact) mass is 599 g/mol. The summed E-state index contributed by atoms with van der Waals surface area (Å²) in [6, 6.07) is 8.65. The summed E-state index contributed by atoms with van der Waals surface area (Å²) in [4.78, 5) is 30.3. The maximum atomic E-state index is 15.3. The maximum absolute atomic E-state index is 15.3. The van der Waals surface area contributed by atoms with E-state index >= 15 is 4.39 Å². The van der Waals surface area contributed by atoms with Crippen molar-refractivity contribution in [3.8, 4) is 11.6 Å². The van der Waals surface area contributed by atoms with Crippen LogP contribution in [-0.4, -0.2) is 82.4 Å². The van der Waals surface area contributed by atoms with Crippen LogP contribution >= 0.6 is 0 Å². The first kappa shape index (κ1) is 30.2. The number of hydrogen-bond donors (Lipinski definition) is 2. The van der Waals surface area contributed by atoms with Gasteiger partial charge >= 0.3 is 6.18 Å². The van der Waals surface area contributed by atoms with E-state index < -0.39 is 23.5 Å². The summed E-state index contributed by atoms with van der Waals surface area (Å²) in [5.74, 6) is -1.69. The number of carbonyl (C=O) groups excluding carboxylic acids is 1. The number of alkyl halides is 3. The van der Waals surface area contributed by atoms with E-state index in [0.29, 0.717) is 30.5 Å². The van der Waals surface area contributed by atoms with Gasteiger partial charge < -0.3 is 24.8 Å². The Balaban J connectivity index is 1.50. The van der Waals surface area contributed by atoms with Gasteiger partial charge in [-0.2, -0.15) is 13.2 Å². The van der Waals surface area contributed by atoms with Crippen LogP contribution in [0.5, 0.6) is 11.6 Å². The van der Waals surface area contributed by atoms with Crippen LogP contribution in [0.1, 0.15) is 34.1 Å². The van der Waals surface area contributed by atoms with E-state index in [0.717, 1.165) is 31.2 Å². The minimum atomic E-state index is -4.60. The number of piperazine rings is 1. The van der Waals surface area contributed by atoms with E-state index in [1.807, 2.05) is 11.9 Å². The molecule has 0 radical (unpaired) electrons. The number of carbonyl (C=O) groups is 1. The van der Waals surface area contributed by atoms with Crippen LogP contribution in [0.3, 0.4) is 0 Å². The Morgan fingerprint density at radius 2 is 1.86 bits per heavy atom. The van der Waals surface area contributed by atoms with E-state index in [9.17, 15) is 18.0 Å². The number of anilines is 2. The normalized spacial score (nSPS) is 14.7. The van der Waals surface area contributed by atoms with E-state index in [2.05, 4.69) is 25.2 Å². The number of aromatic amines is 1. The molecule has 0 bridgehead atoms. The fourth-order valence-electron chi connectivity index (χ4n) is 4.98.